The van der Waals surface area contributed by atoms with Crippen LogP contribution in [0.4, 0.5) is 0 Å². The van der Waals surface area contributed by atoms with Crippen molar-refractivity contribution >= 4 is 11.9 Å². The van der Waals surface area contributed by atoms with Gasteiger partial charge in [-0.25, -0.2) is 4.79 Å². The Bertz CT molecular complexity index is 1150. The summed E-state index contributed by atoms with van der Waals surface area (Å²) in [5, 5.41) is 0. The van der Waals surface area contributed by atoms with Crippen molar-refractivity contribution in [3.8, 4) is 5.75 Å². The number of carbonyl (C=O) groups excluding carboxylic acids is 2. The van der Waals surface area contributed by atoms with Crippen LogP contribution in [0.15, 0.2) is 29.1 Å². The molecule has 1 saturated heterocycles. The minimum absolute atomic E-state index is 0.0753. The molecule has 1 fully saturated rings. The van der Waals surface area contributed by atoms with Gasteiger partial charge >= 0.3 is 5.97 Å². The Morgan fingerprint density at radius 1 is 1.06 bits per heavy atom. The van der Waals surface area contributed by atoms with Gasteiger partial charge in [0.05, 0.1) is 20.3 Å². The van der Waals surface area contributed by atoms with Gasteiger partial charge in [0.25, 0.3) is 11.5 Å². The highest BCUT2D eigenvalue weighted by Gasteiger charge is 2.28. The SMILES string of the molecule is COC(=O)c1c(OCCN2CCOCC2)cc(=O)n2c1CCN(C(=O)c1cccc(C)c1C)CC2. The standard InChI is InChI=1S/C26H33N3O6/c1-18-5-4-6-20(19(18)2)25(31)28-8-7-21-24(26(32)33-3)22(17-23(30)29(21)10-9-28)35-16-13-27-11-14-34-15-12-27/h4-6,17H,7-16H2,1-3H3. The monoisotopic (exact) mass is 483 g/mol. The number of esters is 1. The van der Waals surface area contributed by atoms with E-state index in [1.54, 1.807) is 9.47 Å². The van der Waals surface area contributed by atoms with E-state index < -0.39 is 5.97 Å². The first-order chi connectivity index (χ1) is 16.9. The number of morpholine rings is 1. The van der Waals surface area contributed by atoms with E-state index in [9.17, 15) is 14.4 Å². The van der Waals surface area contributed by atoms with Crippen molar-refractivity contribution in [2.24, 2.45) is 0 Å². The number of benzene rings is 1. The van der Waals surface area contributed by atoms with Crippen LogP contribution in [0.3, 0.4) is 0 Å². The van der Waals surface area contributed by atoms with Crippen LogP contribution in [0.25, 0.3) is 0 Å². The van der Waals surface area contributed by atoms with Crippen LogP contribution in [0.2, 0.25) is 0 Å². The number of amides is 1. The van der Waals surface area contributed by atoms with Crippen molar-refractivity contribution in [1.29, 1.82) is 0 Å². The maximum absolute atomic E-state index is 13.3. The number of hydrogen-bond acceptors (Lipinski definition) is 7. The highest BCUT2D eigenvalue weighted by molar-refractivity contribution is 5.96. The molecule has 0 N–H and O–H groups in total. The fraction of sp³-hybridized carbons (Fsp3) is 0.500. The molecule has 188 valence electrons. The molecule has 4 rings (SSSR count). The predicted octanol–water partition coefficient (Wildman–Crippen LogP) is 1.66. The molecule has 0 bridgehead atoms. The summed E-state index contributed by atoms with van der Waals surface area (Å²) >= 11 is 0. The normalized spacial score (nSPS) is 16.4. The summed E-state index contributed by atoms with van der Waals surface area (Å²) in [6, 6.07) is 7.04. The maximum Gasteiger partial charge on any atom is 0.343 e. The third-order valence-electron chi connectivity index (χ3n) is 6.87. The number of hydrogen-bond donors (Lipinski definition) is 0. The van der Waals surface area contributed by atoms with Crippen LogP contribution in [0.5, 0.6) is 5.75 Å². The van der Waals surface area contributed by atoms with Crippen molar-refractivity contribution in [2.75, 3.05) is 59.7 Å². The van der Waals surface area contributed by atoms with Crippen LogP contribution in [0.1, 0.15) is 37.5 Å². The quantitative estimate of drug-likeness (QED) is 0.577. The number of aryl methyl sites for hydroxylation is 1. The molecule has 35 heavy (non-hydrogen) atoms. The number of aromatic nitrogens is 1. The first-order valence-electron chi connectivity index (χ1n) is 12.0. The zero-order valence-electron chi connectivity index (χ0n) is 20.7. The number of nitrogens with zero attached hydrogens (tertiary/aromatic N) is 3. The lowest BCUT2D eigenvalue weighted by Gasteiger charge is -2.26. The Balaban J connectivity index is 1.57. The molecule has 2 aliphatic heterocycles. The van der Waals surface area contributed by atoms with Gasteiger partial charge in [-0.3, -0.25) is 14.5 Å². The third kappa shape index (κ3) is 5.41. The molecule has 1 aromatic carbocycles. The fourth-order valence-corrected chi connectivity index (χ4v) is 4.65. The average molecular weight is 484 g/mol. The molecule has 2 aromatic rings. The van der Waals surface area contributed by atoms with Gasteiger partial charge in [0, 0.05) is 63.0 Å². The van der Waals surface area contributed by atoms with Crippen molar-refractivity contribution in [3.63, 3.8) is 0 Å². The number of methoxy groups -OCH3 is 1. The molecule has 0 atom stereocenters. The lowest BCUT2D eigenvalue weighted by molar-refractivity contribution is 0.0320. The molecular weight excluding hydrogens is 450 g/mol. The van der Waals surface area contributed by atoms with Crippen molar-refractivity contribution < 1.29 is 23.8 Å². The molecule has 0 saturated carbocycles. The van der Waals surface area contributed by atoms with Gasteiger partial charge in [-0.05, 0) is 31.0 Å². The highest BCUT2D eigenvalue weighted by Crippen LogP contribution is 2.25. The molecule has 2 aliphatic rings. The van der Waals surface area contributed by atoms with Crippen molar-refractivity contribution in [3.05, 3.63) is 62.6 Å². The number of pyridine rings is 1. The number of fused-ring (bicyclic) bond motifs is 1. The van der Waals surface area contributed by atoms with Crippen LogP contribution in [-0.4, -0.2) is 85.9 Å². The van der Waals surface area contributed by atoms with Gasteiger partial charge in [-0.15, -0.1) is 0 Å². The number of ether oxygens (including phenoxy) is 3. The Morgan fingerprint density at radius 3 is 2.57 bits per heavy atom. The van der Waals surface area contributed by atoms with Crippen LogP contribution >= 0.6 is 0 Å². The zero-order valence-corrected chi connectivity index (χ0v) is 20.7. The first-order valence-corrected chi connectivity index (χ1v) is 12.0. The second kappa shape index (κ2) is 11.0. The smallest absolute Gasteiger partial charge is 0.343 e. The van der Waals surface area contributed by atoms with Crippen molar-refractivity contribution in [2.45, 2.75) is 26.8 Å². The molecule has 9 nitrogen and oxygen atoms in total. The van der Waals surface area contributed by atoms with E-state index >= 15 is 0 Å². The van der Waals surface area contributed by atoms with E-state index in [-0.39, 0.29) is 22.8 Å². The topological polar surface area (TPSA) is 90.3 Å². The molecule has 0 radical (unpaired) electrons. The maximum atomic E-state index is 13.3. The Labute approximate surface area is 205 Å². The van der Waals surface area contributed by atoms with Gasteiger partial charge in [-0.1, -0.05) is 12.1 Å². The van der Waals surface area contributed by atoms with Gasteiger partial charge in [0.1, 0.15) is 17.9 Å². The molecular formula is C26H33N3O6. The predicted molar refractivity (Wildman–Crippen MR) is 130 cm³/mol. The minimum atomic E-state index is -0.551. The summed E-state index contributed by atoms with van der Waals surface area (Å²) in [4.78, 5) is 43.1. The first kappa shape index (κ1) is 24.9. The summed E-state index contributed by atoms with van der Waals surface area (Å²) in [7, 11) is 1.31. The summed E-state index contributed by atoms with van der Waals surface area (Å²) in [5.74, 6) is -0.395. The highest BCUT2D eigenvalue weighted by atomic mass is 16.5. The molecule has 3 heterocycles. The van der Waals surface area contributed by atoms with Crippen molar-refractivity contribution in [1.82, 2.24) is 14.4 Å². The zero-order chi connectivity index (χ0) is 24.9. The molecule has 0 aliphatic carbocycles. The van der Waals surface area contributed by atoms with Gasteiger partial charge < -0.3 is 23.7 Å². The second-order valence-corrected chi connectivity index (χ2v) is 8.90. The van der Waals surface area contributed by atoms with E-state index in [1.807, 2.05) is 32.0 Å². The molecule has 9 heteroatoms. The molecule has 0 spiro atoms. The lowest BCUT2D eigenvalue weighted by atomic mass is 10.0. The van der Waals surface area contributed by atoms with E-state index in [0.717, 1.165) is 24.2 Å². The van der Waals surface area contributed by atoms with E-state index in [2.05, 4.69) is 4.90 Å². The van der Waals surface area contributed by atoms with E-state index in [4.69, 9.17) is 14.2 Å². The summed E-state index contributed by atoms with van der Waals surface area (Å²) in [6.07, 6.45) is 0.344. The molecule has 1 aromatic heterocycles. The number of rotatable bonds is 6. The average Bonchev–Trinajstić information content (AvgIpc) is 3.09. The Kier molecular flexibility index (Phi) is 7.87. The summed E-state index contributed by atoms with van der Waals surface area (Å²) < 4.78 is 17.9. The minimum Gasteiger partial charge on any atom is -0.491 e. The Morgan fingerprint density at radius 2 is 1.83 bits per heavy atom. The van der Waals surface area contributed by atoms with Gasteiger partial charge in [0.2, 0.25) is 0 Å². The summed E-state index contributed by atoms with van der Waals surface area (Å²) in [6.45, 7) is 8.99. The van der Waals surface area contributed by atoms with Gasteiger partial charge in [-0.2, -0.15) is 0 Å². The molecule has 1 amide bonds. The fourth-order valence-electron chi connectivity index (χ4n) is 4.65. The Hall–Kier alpha value is -3.17. The largest absolute Gasteiger partial charge is 0.491 e. The van der Waals surface area contributed by atoms with Crippen LogP contribution in [0, 0.1) is 13.8 Å². The van der Waals surface area contributed by atoms with E-state index in [0.29, 0.717) is 63.7 Å². The van der Waals surface area contributed by atoms with Crippen LogP contribution < -0.4 is 10.3 Å². The molecule has 0 unspecified atom stereocenters. The third-order valence-corrected chi connectivity index (χ3v) is 6.87. The second-order valence-electron chi connectivity index (χ2n) is 8.90. The van der Waals surface area contributed by atoms with Gasteiger partial charge in [0.15, 0.2) is 0 Å². The van der Waals surface area contributed by atoms with E-state index in [1.165, 1.54) is 13.2 Å². The lowest BCUT2D eigenvalue weighted by Crippen LogP contribution is -2.38. The van der Waals surface area contributed by atoms with Crippen LogP contribution in [-0.2, 0) is 22.4 Å². The summed E-state index contributed by atoms with van der Waals surface area (Å²) in [5.41, 5.74) is 3.20. The number of carbonyl (C=O) groups is 2.